The Morgan fingerprint density at radius 1 is 1.53 bits per heavy atom. The van der Waals surface area contributed by atoms with Crippen molar-refractivity contribution in [2.45, 2.75) is 39.7 Å². The smallest absolute Gasteiger partial charge is 0.410 e. The Morgan fingerprint density at radius 2 is 2.07 bits per heavy atom. The quantitative estimate of drug-likeness (QED) is 0.660. The summed E-state index contributed by atoms with van der Waals surface area (Å²) in [7, 11) is 1.63. The van der Waals surface area contributed by atoms with E-state index in [9.17, 15) is 9.59 Å². The molecule has 0 aromatic heterocycles. The molecule has 0 bridgehead atoms. The van der Waals surface area contributed by atoms with Crippen LogP contribution in [0.1, 0.15) is 34.1 Å². The van der Waals surface area contributed by atoms with Gasteiger partial charge in [-0.15, -0.1) is 0 Å². The van der Waals surface area contributed by atoms with Crippen LogP contribution in [0.4, 0.5) is 4.79 Å². The number of carbonyl (C=O) groups is 2. The number of hydrogen-bond donors (Lipinski definition) is 0. The number of nitrogens with zero attached hydrogens (tertiary/aromatic N) is 1. The van der Waals surface area contributed by atoms with Crippen molar-refractivity contribution in [1.82, 2.24) is 4.90 Å². The second-order valence-electron chi connectivity index (χ2n) is 4.48. The molecule has 88 valence electrons. The first kappa shape index (κ1) is 13.9. The van der Waals surface area contributed by atoms with Gasteiger partial charge in [0.2, 0.25) is 0 Å². The zero-order chi connectivity index (χ0) is 12.1. The van der Waals surface area contributed by atoms with E-state index in [0.29, 0.717) is 6.54 Å². The number of hydrogen-bond acceptors (Lipinski definition) is 3. The molecule has 0 spiro atoms. The Balaban J connectivity index is 4.16. The van der Waals surface area contributed by atoms with E-state index in [1.54, 1.807) is 14.0 Å². The van der Waals surface area contributed by atoms with Crippen LogP contribution in [0.5, 0.6) is 0 Å². The number of ether oxygens (including phenoxy) is 1. The van der Waals surface area contributed by atoms with Crippen molar-refractivity contribution in [2.24, 2.45) is 5.92 Å². The van der Waals surface area contributed by atoms with Crippen molar-refractivity contribution in [3.05, 3.63) is 0 Å². The molecule has 0 heterocycles. The number of amides is 1. The maximum atomic E-state index is 11.6. The third kappa shape index (κ3) is 5.40. The lowest BCUT2D eigenvalue weighted by atomic mass is 10.1. The van der Waals surface area contributed by atoms with Crippen molar-refractivity contribution in [3.8, 4) is 0 Å². The molecule has 0 N–H and O–H groups in total. The van der Waals surface area contributed by atoms with Crippen molar-refractivity contribution in [2.75, 3.05) is 13.6 Å². The normalized spacial score (nSPS) is 13.1. The summed E-state index contributed by atoms with van der Waals surface area (Å²) in [5.74, 6) is -0.160. The molecule has 0 aromatic rings. The lowest BCUT2D eigenvalue weighted by Gasteiger charge is -2.27. The van der Waals surface area contributed by atoms with Crippen molar-refractivity contribution >= 4 is 12.4 Å². The molecule has 0 aromatic carbocycles. The van der Waals surface area contributed by atoms with Crippen LogP contribution in [0.3, 0.4) is 0 Å². The molecule has 1 amide bonds. The van der Waals surface area contributed by atoms with Crippen molar-refractivity contribution in [3.63, 3.8) is 0 Å². The van der Waals surface area contributed by atoms with Crippen LogP contribution in [-0.2, 0) is 9.53 Å². The topological polar surface area (TPSA) is 46.6 Å². The third-order valence-electron chi connectivity index (χ3n) is 2.32. The first-order valence-electron chi connectivity index (χ1n) is 5.21. The van der Waals surface area contributed by atoms with E-state index in [1.807, 2.05) is 20.8 Å². The second kappa shape index (κ2) is 5.73. The molecule has 0 aliphatic carbocycles. The second-order valence-corrected chi connectivity index (χ2v) is 4.48. The highest BCUT2D eigenvalue weighted by Gasteiger charge is 2.23. The molecular formula is C11H21NO3. The Morgan fingerprint density at radius 3 is 2.47 bits per heavy atom. The van der Waals surface area contributed by atoms with Gasteiger partial charge in [0.05, 0.1) is 0 Å². The number of rotatable bonds is 5. The molecule has 0 saturated heterocycles. The first-order valence-corrected chi connectivity index (χ1v) is 5.21. The van der Waals surface area contributed by atoms with Crippen molar-refractivity contribution in [1.29, 1.82) is 0 Å². The molecule has 4 nitrogen and oxygen atoms in total. The fraction of sp³-hybridized carbons (Fsp3) is 0.818. The molecule has 0 aliphatic heterocycles. The highest BCUT2D eigenvalue weighted by molar-refractivity contribution is 5.68. The molecule has 0 aliphatic rings. The van der Waals surface area contributed by atoms with Gasteiger partial charge in [-0.1, -0.05) is 13.8 Å². The van der Waals surface area contributed by atoms with Gasteiger partial charge in [-0.25, -0.2) is 4.79 Å². The maximum absolute atomic E-state index is 11.6. The van der Waals surface area contributed by atoms with Gasteiger partial charge in [-0.2, -0.15) is 0 Å². The van der Waals surface area contributed by atoms with Crippen LogP contribution in [0.15, 0.2) is 0 Å². The van der Waals surface area contributed by atoms with Crippen LogP contribution < -0.4 is 0 Å². The minimum atomic E-state index is -0.449. The number of carbonyl (C=O) groups excluding carboxylic acids is 2. The van der Waals surface area contributed by atoms with E-state index in [4.69, 9.17) is 4.74 Å². The molecule has 0 fully saturated rings. The van der Waals surface area contributed by atoms with E-state index in [0.717, 1.165) is 12.7 Å². The standard InChI is InChI=1S/C11H21NO3/c1-6-11(3,4)15-10(14)12(5)7-9(2)8-13/h8-9H,6-7H2,1-5H3. The summed E-state index contributed by atoms with van der Waals surface area (Å²) >= 11 is 0. The van der Waals surface area contributed by atoms with Gasteiger partial charge in [0, 0.05) is 19.5 Å². The van der Waals surface area contributed by atoms with Gasteiger partial charge >= 0.3 is 6.09 Å². The lowest BCUT2D eigenvalue weighted by Crippen LogP contribution is -2.37. The Labute approximate surface area is 91.6 Å². The summed E-state index contributed by atoms with van der Waals surface area (Å²) in [6.07, 6.45) is 1.21. The summed E-state index contributed by atoms with van der Waals surface area (Å²) in [6, 6.07) is 0. The van der Waals surface area contributed by atoms with Crippen LogP contribution in [0.2, 0.25) is 0 Å². The fourth-order valence-corrected chi connectivity index (χ4v) is 0.936. The molecule has 1 unspecified atom stereocenters. The largest absolute Gasteiger partial charge is 0.443 e. The van der Waals surface area contributed by atoms with E-state index < -0.39 is 5.60 Å². The van der Waals surface area contributed by atoms with Gasteiger partial charge in [0.15, 0.2) is 0 Å². The van der Waals surface area contributed by atoms with Crippen LogP contribution >= 0.6 is 0 Å². The lowest BCUT2D eigenvalue weighted by molar-refractivity contribution is -0.111. The zero-order valence-corrected chi connectivity index (χ0v) is 10.2. The molecule has 0 radical (unpaired) electrons. The fourth-order valence-electron chi connectivity index (χ4n) is 0.936. The predicted octanol–water partition coefficient (Wildman–Crippen LogP) is 2.08. The number of aldehydes is 1. The molecule has 1 atom stereocenters. The van der Waals surface area contributed by atoms with Crippen LogP contribution in [-0.4, -0.2) is 36.5 Å². The molecule has 0 rings (SSSR count). The Bertz CT molecular complexity index is 226. The monoisotopic (exact) mass is 215 g/mol. The summed E-state index contributed by atoms with van der Waals surface area (Å²) < 4.78 is 5.27. The summed E-state index contributed by atoms with van der Waals surface area (Å²) in [5.41, 5.74) is -0.449. The van der Waals surface area contributed by atoms with Crippen LogP contribution in [0.25, 0.3) is 0 Å². The Hall–Kier alpha value is -1.06. The van der Waals surface area contributed by atoms with E-state index in [1.165, 1.54) is 4.90 Å². The predicted molar refractivity (Wildman–Crippen MR) is 58.7 cm³/mol. The summed E-state index contributed by atoms with van der Waals surface area (Å²) in [4.78, 5) is 23.4. The Kier molecular flexibility index (Phi) is 5.33. The molecule has 4 heteroatoms. The van der Waals surface area contributed by atoms with E-state index in [2.05, 4.69) is 0 Å². The summed E-state index contributed by atoms with van der Waals surface area (Å²) in [5, 5.41) is 0. The average Bonchev–Trinajstić information content (AvgIpc) is 2.16. The molecular weight excluding hydrogens is 194 g/mol. The highest BCUT2D eigenvalue weighted by atomic mass is 16.6. The summed E-state index contributed by atoms with van der Waals surface area (Å²) in [6.45, 7) is 7.84. The third-order valence-corrected chi connectivity index (χ3v) is 2.32. The zero-order valence-electron chi connectivity index (χ0n) is 10.2. The van der Waals surface area contributed by atoms with Crippen LogP contribution in [0, 0.1) is 5.92 Å². The van der Waals surface area contributed by atoms with Gasteiger partial charge in [0.25, 0.3) is 0 Å². The highest BCUT2D eigenvalue weighted by Crippen LogP contribution is 2.15. The SMILES string of the molecule is CCC(C)(C)OC(=O)N(C)CC(C)C=O. The minimum Gasteiger partial charge on any atom is -0.443 e. The molecule has 0 saturated carbocycles. The van der Waals surface area contributed by atoms with Gasteiger partial charge in [0.1, 0.15) is 11.9 Å². The van der Waals surface area contributed by atoms with Crippen molar-refractivity contribution < 1.29 is 14.3 Å². The van der Waals surface area contributed by atoms with Gasteiger partial charge in [-0.05, 0) is 20.3 Å². The average molecular weight is 215 g/mol. The van der Waals surface area contributed by atoms with E-state index in [-0.39, 0.29) is 12.0 Å². The van der Waals surface area contributed by atoms with Gasteiger partial charge < -0.3 is 14.4 Å². The minimum absolute atomic E-state index is 0.160. The molecule has 15 heavy (non-hydrogen) atoms. The van der Waals surface area contributed by atoms with E-state index >= 15 is 0 Å². The first-order chi connectivity index (χ1) is 6.82. The van der Waals surface area contributed by atoms with Gasteiger partial charge in [-0.3, -0.25) is 0 Å². The maximum Gasteiger partial charge on any atom is 0.410 e.